The zero-order valence-corrected chi connectivity index (χ0v) is 71.0. The Bertz CT molecular complexity index is 6300. The number of rotatable bonds is 19. The Morgan fingerprint density at radius 1 is 0.400 bits per heavy atom. The summed E-state index contributed by atoms with van der Waals surface area (Å²) in [5, 5.41) is 29.3. The molecule has 0 unspecified atom stereocenters. The standard InChI is InChI=1S/C26H31N7O2S.C25H29N7O2S.C25H27N5O.C12H8Cl2N4/c1-19(2)30-36(34,35)23-7-4-6-20(18-23)24-8-5-9-25-28-26(29-33(24)25)27-21-10-12-22(13-11-21)32-16-14-31(3)15-17-32;1-29(2)35(33,34)22-7-4-6-19(18-22)23-8-5-9-24-27-25(28-32(23)24)26-20-10-12-21(13-11-20)31-16-14-30(3)15-17-31;1-18(2)19-5-3-6-20(17-19)23-7-4-8-24-27-25(28-30(23)24)26-21-9-11-22(12-10-21)29-13-15-31-16-14-29;13-8-4-7(5-9(14)6-8)10-2-1-3-11-16-12(15)17-18(10)11/h4-13,18-19,30H,14-17H2,1-3H3,(H,27,29);4-13,18H,14-17H2,1-3H3,(H,26,28);3-12,17-18H,13-16H2,1-2H3,(H,26,28);1-6H,(H2,15,17). The predicted octanol–water partition coefficient (Wildman–Crippen LogP) is 15.1. The Labute approximate surface area is 707 Å². The van der Waals surface area contributed by atoms with Crippen molar-refractivity contribution in [1.29, 1.82) is 0 Å². The van der Waals surface area contributed by atoms with Crippen LogP contribution < -0.4 is 41.1 Å². The molecule has 28 nitrogen and oxygen atoms in total. The Balaban J connectivity index is 0.000000128. The fraction of sp³-hybridized carbons (Fsp3) is 0.250. The first-order chi connectivity index (χ1) is 57.9. The molecule has 18 rings (SSSR count). The number of nitrogens with zero attached hydrogens (tertiary/aromatic N) is 18. The monoisotopic (exact) mass is 1690 g/mol. The molecule has 618 valence electrons. The van der Waals surface area contributed by atoms with Gasteiger partial charge < -0.3 is 50.9 Å². The van der Waals surface area contributed by atoms with E-state index in [0.29, 0.717) is 50.7 Å². The highest BCUT2D eigenvalue weighted by Crippen LogP contribution is 2.33. The molecule has 0 atom stereocenters. The molecule has 0 bridgehead atoms. The molecule has 0 saturated carbocycles. The molecule has 0 radical (unpaired) electrons. The lowest BCUT2D eigenvalue weighted by atomic mass is 9.99. The smallest absolute Gasteiger partial charge is 0.247 e. The number of halogens is 2. The molecule has 15 aromatic rings. The summed E-state index contributed by atoms with van der Waals surface area (Å²) in [5.74, 6) is 2.25. The zero-order valence-electron chi connectivity index (χ0n) is 67.9. The summed E-state index contributed by atoms with van der Waals surface area (Å²) in [7, 11) is 0.205. The quantitative estimate of drug-likeness (QED) is 0.0502. The van der Waals surface area contributed by atoms with Crippen molar-refractivity contribution >= 4 is 124 Å². The number of morpholine rings is 1. The van der Waals surface area contributed by atoms with Crippen molar-refractivity contribution in [1.82, 2.24) is 77.2 Å². The molecule has 3 aliphatic heterocycles. The van der Waals surface area contributed by atoms with E-state index in [9.17, 15) is 16.8 Å². The number of pyridine rings is 4. The largest absolute Gasteiger partial charge is 0.378 e. The predicted molar refractivity (Wildman–Crippen MR) is 480 cm³/mol. The number of aromatic nitrogens is 12. The Kier molecular flexibility index (Phi) is 25.3. The van der Waals surface area contributed by atoms with Crippen molar-refractivity contribution in [2.75, 3.05) is 143 Å². The van der Waals surface area contributed by atoms with Gasteiger partial charge in [0.05, 0.1) is 45.8 Å². The average molecular weight is 1690 g/mol. The minimum absolute atomic E-state index is 0.193. The van der Waals surface area contributed by atoms with E-state index >= 15 is 0 Å². The van der Waals surface area contributed by atoms with Crippen LogP contribution in [0.25, 0.3) is 67.6 Å². The van der Waals surface area contributed by atoms with Gasteiger partial charge in [-0.2, -0.15) is 19.9 Å². The van der Waals surface area contributed by atoms with Crippen molar-refractivity contribution in [3.05, 3.63) is 252 Å². The number of sulfonamides is 2. The van der Waals surface area contributed by atoms with Crippen LogP contribution in [0.5, 0.6) is 0 Å². The van der Waals surface area contributed by atoms with Crippen LogP contribution in [-0.4, -0.2) is 202 Å². The number of hydrogen-bond acceptors (Lipinski definition) is 22. The molecule has 3 fully saturated rings. The number of benzene rings is 7. The fourth-order valence-electron chi connectivity index (χ4n) is 14.3. The number of nitrogen functional groups attached to an aromatic ring is 1. The zero-order chi connectivity index (χ0) is 83.8. The Morgan fingerprint density at radius 2 is 0.758 bits per heavy atom. The molecule has 7 aromatic carbocycles. The third kappa shape index (κ3) is 19.8. The summed E-state index contributed by atoms with van der Waals surface area (Å²) in [6.45, 7) is 19.8. The van der Waals surface area contributed by atoms with Crippen LogP contribution in [0.4, 0.5) is 57.9 Å². The number of likely N-dealkylation sites (N-methyl/N-ethyl adjacent to an activating group) is 2. The summed E-state index contributed by atoms with van der Waals surface area (Å²) in [6.07, 6.45) is 0. The Morgan fingerprint density at radius 3 is 1.17 bits per heavy atom. The van der Waals surface area contributed by atoms with Crippen LogP contribution in [0, 0.1) is 0 Å². The third-order valence-corrected chi connectivity index (χ3v) is 24.6. The molecule has 0 aliphatic carbocycles. The van der Waals surface area contributed by atoms with Crippen molar-refractivity contribution in [3.8, 4) is 45.0 Å². The lowest BCUT2D eigenvalue weighted by Gasteiger charge is -2.34. The maximum Gasteiger partial charge on any atom is 0.247 e. The number of anilines is 10. The summed E-state index contributed by atoms with van der Waals surface area (Å²) in [6, 6.07) is 75.6. The fourth-order valence-corrected chi connectivity index (χ4v) is 17.0. The highest BCUT2D eigenvalue weighted by molar-refractivity contribution is 7.89. The van der Waals surface area contributed by atoms with Gasteiger partial charge in [-0.3, -0.25) is 0 Å². The normalized spacial score (nSPS) is 14.3. The molecule has 32 heteroatoms. The SMILES string of the molecule is CC(C)NS(=O)(=O)c1cccc(-c2cccc3nc(Nc4ccc(N5CCN(C)CC5)cc4)nn23)c1.CC(C)c1cccc(-c2cccc3nc(Nc4ccc(N5CCOCC5)cc4)nn23)c1.CN1CCN(c2ccc(Nc3nc4cccc(-c5cccc(S(=O)(=O)N(C)C)c5)n4n3)cc2)CC1.Nc1nc2cccc(-c3cc(Cl)cc(Cl)c3)n2n1. The maximum absolute atomic E-state index is 12.7. The van der Waals surface area contributed by atoms with E-state index < -0.39 is 20.0 Å². The van der Waals surface area contributed by atoms with Gasteiger partial charge in [0, 0.05) is 152 Å². The van der Waals surface area contributed by atoms with E-state index in [4.69, 9.17) is 38.8 Å². The minimum Gasteiger partial charge on any atom is -0.378 e. The lowest BCUT2D eigenvalue weighted by molar-refractivity contribution is 0.122. The molecular formula is C88H95Cl2N23O5S2. The summed E-state index contributed by atoms with van der Waals surface area (Å²) >= 11 is 12.0. The van der Waals surface area contributed by atoms with E-state index in [1.807, 2.05) is 120 Å². The number of hydrogen-bond donors (Lipinski definition) is 5. The van der Waals surface area contributed by atoms with Crippen molar-refractivity contribution in [2.24, 2.45) is 0 Å². The second-order valence-electron chi connectivity index (χ2n) is 30.3. The van der Waals surface area contributed by atoms with E-state index in [-0.39, 0.29) is 21.8 Å². The highest BCUT2D eigenvalue weighted by atomic mass is 35.5. The molecule has 11 heterocycles. The van der Waals surface area contributed by atoms with Crippen LogP contribution >= 0.6 is 23.2 Å². The molecule has 0 spiro atoms. The van der Waals surface area contributed by atoms with E-state index in [1.165, 1.54) is 41.0 Å². The first-order valence-corrected chi connectivity index (χ1v) is 43.3. The summed E-state index contributed by atoms with van der Waals surface area (Å²) < 4.78 is 66.9. The van der Waals surface area contributed by atoms with Crippen LogP contribution in [0.1, 0.15) is 39.2 Å². The van der Waals surface area contributed by atoms with Gasteiger partial charge in [-0.05, 0) is 209 Å². The third-order valence-electron chi connectivity index (χ3n) is 20.7. The van der Waals surface area contributed by atoms with Crippen molar-refractivity contribution < 1.29 is 21.6 Å². The topological polar surface area (TPSA) is 292 Å². The molecule has 120 heavy (non-hydrogen) atoms. The van der Waals surface area contributed by atoms with Crippen LogP contribution in [0.15, 0.2) is 246 Å². The average Bonchev–Trinajstić information content (AvgIpc) is 1.57. The second-order valence-corrected chi connectivity index (χ2v) is 35.0. The lowest BCUT2D eigenvalue weighted by Crippen LogP contribution is -2.44. The molecular weight excluding hydrogens is 1590 g/mol. The first-order valence-electron chi connectivity index (χ1n) is 39.6. The molecule has 8 aromatic heterocycles. The minimum atomic E-state index is -3.61. The summed E-state index contributed by atoms with van der Waals surface area (Å²) in [5.41, 5.74) is 23.0. The maximum atomic E-state index is 12.7. The van der Waals surface area contributed by atoms with Crippen molar-refractivity contribution in [2.45, 2.75) is 49.4 Å². The first kappa shape index (κ1) is 83.0. The van der Waals surface area contributed by atoms with E-state index in [2.05, 4.69) is 187 Å². The van der Waals surface area contributed by atoms with Gasteiger partial charge in [0.2, 0.25) is 43.8 Å². The summed E-state index contributed by atoms with van der Waals surface area (Å²) in [4.78, 5) is 30.3. The Hall–Kier alpha value is -12.1. The number of piperazine rings is 2. The van der Waals surface area contributed by atoms with Crippen LogP contribution in [-0.2, 0) is 24.8 Å². The molecule has 6 N–H and O–H groups in total. The van der Waals surface area contributed by atoms with E-state index in [0.717, 1.165) is 146 Å². The van der Waals surface area contributed by atoms with Gasteiger partial charge in [-0.25, -0.2) is 43.9 Å². The van der Waals surface area contributed by atoms with Crippen molar-refractivity contribution in [3.63, 3.8) is 0 Å². The van der Waals surface area contributed by atoms with Gasteiger partial charge in [-0.1, -0.05) is 104 Å². The number of fused-ring (bicyclic) bond motifs is 4. The molecule has 0 amide bonds. The number of nitrogens with one attached hydrogen (secondary N) is 4. The second kappa shape index (κ2) is 36.6. The molecule has 3 saturated heterocycles. The molecule has 3 aliphatic rings. The highest BCUT2D eigenvalue weighted by Gasteiger charge is 2.23. The van der Waals surface area contributed by atoms with Gasteiger partial charge in [-0.15, -0.1) is 20.4 Å². The number of ether oxygens (including phenoxy) is 1. The van der Waals surface area contributed by atoms with Gasteiger partial charge in [0.15, 0.2) is 22.6 Å². The van der Waals surface area contributed by atoms with Gasteiger partial charge in [0.1, 0.15) is 0 Å². The van der Waals surface area contributed by atoms with Gasteiger partial charge >= 0.3 is 0 Å². The van der Waals surface area contributed by atoms with Gasteiger partial charge in [0.25, 0.3) is 0 Å². The van der Waals surface area contributed by atoms with E-state index in [1.54, 1.807) is 69.9 Å². The number of nitrogens with two attached hydrogens (primary N) is 1. The van der Waals surface area contributed by atoms with Crippen LogP contribution in [0.3, 0.4) is 0 Å². The van der Waals surface area contributed by atoms with Crippen LogP contribution in [0.2, 0.25) is 10.0 Å².